The van der Waals surface area contributed by atoms with E-state index >= 15 is 0 Å². The first-order chi connectivity index (χ1) is 15.2. The monoisotopic (exact) mass is 472 g/mol. The molecule has 1 aliphatic carbocycles. The summed E-state index contributed by atoms with van der Waals surface area (Å²) in [6.45, 7) is 0.634. The summed E-state index contributed by atoms with van der Waals surface area (Å²) >= 11 is 6.07. The van der Waals surface area contributed by atoms with Crippen LogP contribution in [0.4, 0.5) is 28.0 Å². The average Bonchev–Trinajstić information content (AvgIpc) is 2.73. The SMILES string of the molecule is O=C(N[C@@H]1CCC[C@H](Nc2cc(C(F)(F)F)nc3ccc(Cl)cc23)C1)N1CCC[C@H](F)C1. The number of rotatable bonds is 3. The van der Waals surface area contributed by atoms with Gasteiger partial charge in [-0.05, 0) is 62.8 Å². The number of anilines is 1. The minimum atomic E-state index is -4.57. The fourth-order valence-electron chi connectivity index (χ4n) is 4.51. The maximum Gasteiger partial charge on any atom is 0.433 e. The highest BCUT2D eigenvalue weighted by atomic mass is 35.5. The van der Waals surface area contributed by atoms with E-state index in [1.54, 1.807) is 6.07 Å². The van der Waals surface area contributed by atoms with Crippen molar-refractivity contribution in [1.29, 1.82) is 0 Å². The van der Waals surface area contributed by atoms with Gasteiger partial charge in [0.25, 0.3) is 0 Å². The van der Waals surface area contributed by atoms with Crippen LogP contribution in [0.15, 0.2) is 24.3 Å². The van der Waals surface area contributed by atoms with Gasteiger partial charge in [0, 0.05) is 34.7 Å². The lowest BCUT2D eigenvalue weighted by Gasteiger charge is -2.34. The molecule has 1 saturated heterocycles. The number of nitrogens with one attached hydrogen (secondary N) is 2. The molecule has 1 saturated carbocycles. The van der Waals surface area contributed by atoms with E-state index in [0.29, 0.717) is 41.9 Å². The summed E-state index contributed by atoms with van der Waals surface area (Å²) in [6.07, 6.45) is -1.55. The van der Waals surface area contributed by atoms with Crippen LogP contribution in [0, 0.1) is 0 Å². The fourth-order valence-corrected chi connectivity index (χ4v) is 4.68. The van der Waals surface area contributed by atoms with Crippen LogP contribution >= 0.6 is 11.6 Å². The smallest absolute Gasteiger partial charge is 0.382 e. The Morgan fingerprint density at radius 2 is 1.91 bits per heavy atom. The molecular formula is C22H25ClF4N4O. The molecule has 2 fully saturated rings. The Labute approximate surface area is 188 Å². The molecule has 1 aliphatic heterocycles. The Morgan fingerprint density at radius 1 is 1.12 bits per heavy atom. The number of halogens is 5. The zero-order valence-corrected chi connectivity index (χ0v) is 18.1. The number of carbonyl (C=O) groups is 1. The molecule has 0 spiro atoms. The van der Waals surface area contributed by atoms with Crippen LogP contribution in [-0.2, 0) is 6.18 Å². The number of aromatic nitrogens is 1. The average molecular weight is 473 g/mol. The van der Waals surface area contributed by atoms with Crippen LogP contribution in [0.25, 0.3) is 10.9 Å². The van der Waals surface area contributed by atoms with Crippen molar-refractivity contribution in [2.45, 2.75) is 63.0 Å². The lowest BCUT2D eigenvalue weighted by atomic mass is 9.90. The Balaban J connectivity index is 1.48. The number of likely N-dealkylation sites (tertiary alicyclic amines) is 1. The third-order valence-electron chi connectivity index (χ3n) is 6.07. The number of pyridine rings is 1. The van der Waals surface area contributed by atoms with Crippen molar-refractivity contribution in [1.82, 2.24) is 15.2 Å². The molecule has 1 aromatic heterocycles. The maximum absolute atomic E-state index is 13.6. The van der Waals surface area contributed by atoms with E-state index in [4.69, 9.17) is 11.6 Å². The first-order valence-corrected chi connectivity index (χ1v) is 11.2. The molecule has 1 aromatic carbocycles. The van der Waals surface area contributed by atoms with Crippen LogP contribution in [0.5, 0.6) is 0 Å². The van der Waals surface area contributed by atoms with Gasteiger partial charge in [0.2, 0.25) is 0 Å². The molecule has 32 heavy (non-hydrogen) atoms. The summed E-state index contributed by atoms with van der Waals surface area (Å²) in [4.78, 5) is 17.8. The van der Waals surface area contributed by atoms with E-state index in [2.05, 4.69) is 15.6 Å². The summed E-state index contributed by atoms with van der Waals surface area (Å²) < 4.78 is 53.7. The van der Waals surface area contributed by atoms with Gasteiger partial charge in [0.1, 0.15) is 11.9 Å². The normalized spacial score (nSPS) is 24.4. The summed E-state index contributed by atoms with van der Waals surface area (Å²) in [7, 11) is 0. The molecule has 2 aliphatic rings. The van der Waals surface area contributed by atoms with Crippen LogP contribution in [0.2, 0.25) is 5.02 Å². The molecule has 2 aromatic rings. The number of benzene rings is 1. The maximum atomic E-state index is 13.6. The van der Waals surface area contributed by atoms with Crippen LogP contribution in [0.3, 0.4) is 0 Å². The number of amides is 2. The zero-order chi connectivity index (χ0) is 22.9. The third kappa shape index (κ3) is 5.36. The number of hydrogen-bond acceptors (Lipinski definition) is 3. The van der Waals surface area contributed by atoms with Crippen molar-refractivity contribution in [3.63, 3.8) is 0 Å². The first kappa shape index (κ1) is 22.9. The van der Waals surface area contributed by atoms with Gasteiger partial charge in [-0.15, -0.1) is 0 Å². The summed E-state index contributed by atoms with van der Waals surface area (Å²) in [6, 6.07) is 5.05. The predicted molar refractivity (Wildman–Crippen MR) is 116 cm³/mol. The van der Waals surface area contributed by atoms with Crippen molar-refractivity contribution in [3.05, 3.63) is 35.0 Å². The second-order valence-corrected chi connectivity index (χ2v) is 8.99. The summed E-state index contributed by atoms with van der Waals surface area (Å²) in [5.41, 5.74) is -0.447. The van der Waals surface area contributed by atoms with Gasteiger partial charge in [0.15, 0.2) is 0 Å². The number of piperidine rings is 1. The third-order valence-corrected chi connectivity index (χ3v) is 6.31. The predicted octanol–water partition coefficient (Wildman–Crippen LogP) is 5.77. The number of carbonyl (C=O) groups excluding carboxylic acids is 1. The van der Waals surface area contributed by atoms with Gasteiger partial charge >= 0.3 is 12.2 Å². The minimum absolute atomic E-state index is 0.101. The first-order valence-electron chi connectivity index (χ1n) is 10.8. The fraction of sp³-hybridized carbons (Fsp3) is 0.545. The molecule has 0 radical (unpaired) electrons. The van der Waals surface area contributed by atoms with Crippen molar-refractivity contribution in [2.75, 3.05) is 18.4 Å². The van der Waals surface area contributed by atoms with Gasteiger partial charge in [-0.1, -0.05) is 11.6 Å². The molecule has 2 heterocycles. The van der Waals surface area contributed by atoms with Gasteiger partial charge in [-0.2, -0.15) is 13.2 Å². The lowest BCUT2D eigenvalue weighted by molar-refractivity contribution is -0.140. The molecule has 3 atom stereocenters. The van der Waals surface area contributed by atoms with Crippen molar-refractivity contribution < 1.29 is 22.4 Å². The van der Waals surface area contributed by atoms with Crippen molar-refractivity contribution >= 4 is 34.2 Å². The molecular weight excluding hydrogens is 448 g/mol. The highest BCUT2D eigenvalue weighted by molar-refractivity contribution is 6.31. The second-order valence-electron chi connectivity index (χ2n) is 8.55. The molecule has 0 unspecified atom stereocenters. The van der Waals surface area contributed by atoms with Crippen LogP contribution in [0.1, 0.15) is 44.2 Å². The highest BCUT2D eigenvalue weighted by Crippen LogP contribution is 2.35. The summed E-state index contributed by atoms with van der Waals surface area (Å²) in [5, 5.41) is 7.12. The molecule has 5 nitrogen and oxygen atoms in total. The van der Waals surface area contributed by atoms with Crippen LogP contribution < -0.4 is 10.6 Å². The van der Waals surface area contributed by atoms with Gasteiger partial charge in [0.05, 0.1) is 12.1 Å². The van der Waals surface area contributed by atoms with Crippen molar-refractivity contribution in [3.8, 4) is 0 Å². The standard InChI is InChI=1S/C22H25ClF4N4O/c23-13-6-7-18-17(9-13)19(11-20(30-18)22(25,26)27)28-15-4-1-5-16(10-15)29-21(32)31-8-2-3-14(24)12-31/h6-7,9,11,14-16H,1-5,8,10,12H2,(H,28,30)(H,29,32)/t14-,15-,16+/m0/s1. The molecule has 2 N–H and O–H groups in total. The van der Waals surface area contributed by atoms with E-state index in [1.807, 2.05) is 0 Å². The number of nitrogens with zero attached hydrogens (tertiary/aromatic N) is 2. The van der Waals surface area contributed by atoms with Gasteiger partial charge < -0.3 is 15.5 Å². The van der Waals surface area contributed by atoms with E-state index < -0.39 is 18.0 Å². The molecule has 2 amide bonds. The molecule has 0 bridgehead atoms. The van der Waals surface area contributed by atoms with Gasteiger partial charge in [-0.3, -0.25) is 0 Å². The quantitative estimate of drug-likeness (QED) is 0.557. The van der Waals surface area contributed by atoms with Crippen molar-refractivity contribution in [2.24, 2.45) is 0 Å². The lowest BCUT2D eigenvalue weighted by Crippen LogP contribution is -2.51. The Morgan fingerprint density at radius 3 is 2.66 bits per heavy atom. The molecule has 4 rings (SSSR count). The molecule has 10 heteroatoms. The Kier molecular flexibility index (Phi) is 6.65. The topological polar surface area (TPSA) is 57.3 Å². The number of urea groups is 1. The largest absolute Gasteiger partial charge is 0.433 e. The van der Waals surface area contributed by atoms with Gasteiger partial charge in [-0.25, -0.2) is 14.2 Å². The second kappa shape index (κ2) is 9.29. The van der Waals surface area contributed by atoms with E-state index in [-0.39, 0.29) is 30.2 Å². The number of alkyl halides is 4. The number of hydrogen-bond donors (Lipinski definition) is 2. The van der Waals surface area contributed by atoms with E-state index in [1.165, 1.54) is 17.0 Å². The highest BCUT2D eigenvalue weighted by Gasteiger charge is 2.34. The minimum Gasteiger partial charge on any atom is -0.382 e. The van der Waals surface area contributed by atoms with E-state index in [0.717, 1.165) is 25.3 Å². The number of fused-ring (bicyclic) bond motifs is 1. The summed E-state index contributed by atoms with van der Waals surface area (Å²) in [5.74, 6) is 0. The van der Waals surface area contributed by atoms with E-state index in [9.17, 15) is 22.4 Å². The Hall–Kier alpha value is -2.29. The Bertz CT molecular complexity index is 986. The zero-order valence-electron chi connectivity index (χ0n) is 17.4. The molecule has 174 valence electrons. The van der Waals surface area contributed by atoms with Crippen LogP contribution in [-0.4, -0.2) is 47.3 Å².